The number of halogens is 4. The monoisotopic (exact) mass is 526 g/mol. The first-order valence-electron chi connectivity index (χ1n) is 10.3. The topological polar surface area (TPSA) is 143 Å². The minimum Gasteiger partial charge on any atom is -0.462 e. The Morgan fingerprint density at radius 1 is 1.22 bits per heavy atom. The van der Waals surface area contributed by atoms with Gasteiger partial charge in [0.1, 0.15) is 11.5 Å². The highest BCUT2D eigenvalue weighted by Crippen LogP contribution is 2.33. The lowest BCUT2D eigenvalue weighted by Gasteiger charge is -2.22. The number of nitrogens with zero attached hydrogens (tertiary/aromatic N) is 5. The summed E-state index contributed by atoms with van der Waals surface area (Å²) in [6.07, 6.45) is -2.55. The highest BCUT2D eigenvalue weighted by atomic mass is 31.0. The van der Waals surface area contributed by atoms with Gasteiger partial charge in [0, 0.05) is 25.0 Å². The number of aromatic nitrogens is 7. The van der Waals surface area contributed by atoms with Crippen molar-refractivity contribution in [2.75, 3.05) is 5.32 Å². The predicted octanol–water partition coefficient (Wildman–Crippen LogP) is 2.46. The summed E-state index contributed by atoms with van der Waals surface area (Å²) in [6.45, 7) is 1.22. The third-order valence-corrected chi connectivity index (χ3v) is 5.67. The molecule has 0 saturated carbocycles. The van der Waals surface area contributed by atoms with Crippen molar-refractivity contribution < 1.29 is 22.3 Å². The van der Waals surface area contributed by atoms with Crippen LogP contribution in [-0.4, -0.2) is 53.1 Å². The molecule has 0 aliphatic carbocycles. The van der Waals surface area contributed by atoms with Gasteiger partial charge >= 0.3 is 5.69 Å². The summed E-state index contributed by atoms with van der Waals surface area (Å²) < 4.78 is 61.9. The van der Waals surface area contributed by atoms with Gasteiger partial charge in [-0.1, -0.05) is 9.24 Å². The predicted molar refractivity (Wildman–Crippen MR) is 124 cm³/mol. The quantitative estimate of drug-likeness (QED) is 0.235. The Balaban J connectivity index is 1.71. The van der Waals surface area contributed by atoms with Crippen LogP contribution in [0.2, 0.25) is 0 Å². The van der Waals surface area contributed by atoms with Crippen LogP contribution in [0.15, 0.2) is 40.2 Å². The van der Waals surface area contributed by atoms with Crippen LogP contribution >= 0.6 is 9.24 Å². The van der Waals surface area contributed by atoms with Gasteiger partial charge in [0.15, 0.2) is 11.8 Å². The standard InChI is InChI=1S/C20H19F4N8O3P/c1-8(20(23,24)36)27-13-5-9(3-4-25-13)14(15(21)22)35-18-10-6-12(29-30-16(10)32(2)31-18)11-7-26-19(34)28-17(11)33/h3-8,14-15H,36H2,1-2H3,(H,25,27)(H2,26,28,33,34)/t8-,14?/m0/s1. The number of hydrogen-bond donors (Lipinski definition) is 3. The van der Waals surface area contributed by atoms with Crippen LogP contribution in [0.4, 0.5) is 23.4 Å². The third kappa shape index (κ3) is 5.20. The zero-order valence-electron chi connectivity index (χ0n) is 18.7. The van der Waals surface area contributed by atoms with E-state index in [1.807, 2.05) is 0 Å². The van der Waals surface area contributed by atoms with Crippen LogP contribution < -0.4 is 21.3 Å². The van der Waals surface area contributed by atoms with Crippen LogP contribution in [0, 0.1) is 0 Å². The van der Waals surface area contributed by atoms with Crippen molar-refractivity contribution in [3.63, 3.8) is 0 Å². The molecule has 4 rings (SSSR count). The van der Waals surface area contributed by atoms with E-state index in [9.17, 15) is 27.2 Å². The van der Waals surface area contributed by atoms with Gasteiger partial charge in [0.25, 0.3) is 17.6 Å². The Bertz CT molecular complexity index is 1520. The largest absolute Gasteiger partial charge is 0.462 e. The molecule has 4 aromatic rings. The highest BCUT2D eigenvalue weighted by molar-refractivity contribution is 7.18. The van der Waals surface area contributed by atoms with Gasteiger partial charge in [-0.3, -0.25) is 9.78 Å². The molecule has 0 saturated heterocycles. The molecule has 4 heterocycles. The summed E-state index contributed by atoms with van der Waals surface area (Å²) in [5.41, 5.74) is -4.45. The number of rotatable bonds is 8. The van der Waals surface area contributed by atoms with E-state index in [4.69, 9.17) is 4.74 Å². The number of hydrogen-bond acceptors (Lipinski definition) is 8. The number of aromatic amines is 2. The van der Waals surface area contributed by atoms with E-state index in [-0.39, 0.29) is 39.6 Å². The first-order valence-corrected chi connectivity index (χ1v) is 10.9. The van der Waals surface area contributed by atoms with Gasteiger partial charge in [-0.15, -0.1) is 15.3 Å². The van der Waals surface area contributed by atoms with Gasteiger partial charge in [0.05, 0.1) is 17.0 Å². The summed E-state index contributed by atoms with van der Waals surface area (Å²) in [5, 5.41) is 14.7. The minimum absolute atomic E-state index is 0.0194. The lowest BCUT2D eigenvalue weighted by molar-refractivity contribution is 0.00844. The normalized spacial score (nSPS) is 13.7. The molecule has 2 unspecified atom stereocenters. The van der Waals surface area contributed by atoms with E-state index in [2.05, 4.69) is 35.6 Å². The number of alkyl halides is 4. The Morgan fingerprint density at radius 2 is 1.97 bits per heavy atom. The number of pyridine rings is 1. The van der Waals surface area contributed by atoms with Crippen LogP contribution in [0.25, 0.3) is 22.3 Å². The Kier molecular flexibility index (Phi) is 6.76. The highest BCUT2D eigenvalue weighted by Gasteiger charge is 2.32. The Labute approximate surface area is 201 Å². The molecule has 16 heteroatoms. The van der Waals surface area contributed by atoms with Gasteiger partial charge in [-0.05, 0) is 25.1 Å². The molecule has 0 bridgehead atoms. The smallest absolute Gasteiger partial charge is 0.325 e. The van der Waals surface area contributed by atoms with Gasteiger partial charge in [-0.2, -0.15) is 0 Å². The van der Waals surface area contributed by atoms with Crippen molar-refractivity contribution in [1.82, 2.24) is 34.9 Å². The molecule has 0 spiro atoms. The third-order valence-electron chi connectivity index (χ3n) is 5.17. The first kappa shape index (κ1) is 25.2. The first-order chi connectivity index (χ1) is 16.9. The van der Waals surface area contributed by atoms with E-state index in [1.54, 1.807) is 0 Å². The van der Waals surface area contributed by atoms with Crippen molar-refractivity contribution >= 4 is 26.1 Å². The van der Waals surface area contributed by atoms with E-state index in [0.717, 1.165) is 6.20 Å². The summed E-state index contributed by atoms with van der Waals surface area (Å²) in [6, 6.07) is 2.46. The molecule has 190 valence electrons. The molecular weight excluding hydrogens is 507 g/mol. The molecule has 0 radical (unpaired) electrons. The van der Waals surface area contributed by atoms with Crippen molar-refractivity contribution in [1.29, 1.82) is 0 Å². The van der Waals surface area contributed by atoms with Crippen LogP contribution in [0.3, 0.4) is 0 Å². The summed E-state index contributed by atoms with van der Waals surface area (Å²) in [7, 11) is 2.89. The zero-order chi connectivity index (χ0) is 26.2. The second-order valence-electron chi connectivity index (χ2n) is 7.77. The minimum atomic E-state index is -3.16. The lowest BCUT2D eigenvalue weighted by Crippen LogP contribution is -2.32. The molecule has 3 atom stereocenters. The number of fused-ring (bicyclic) bond motifs is 1. The number of H-pyrrole nitrogens is 2. The van der Waals surface area contributed by atoms with E-state index >= 15 is 0 Å². The number of ether oxygens (including phenoxy) is 1. The molecular formula is C20H19F4N8O3P. The summed E-state index contributed by atoms with van der Waals surface area (Å²) in [4.78, 5) is 31.7. The molecule has 0 aliphatic rings. The van der Waals surface area contributed by atoms with Crippen molar-refractivity contribution in [3.05, 3.63) is 57.0 Å². The van der Waals surface area contributed by atoms with Gasteiger partial charge in [0.2, 0.25) is 5.88 Å². The number of aryl methyl sites for hydroxylation is 1. The molecule has 0 aromatic carbocycles. The van der Waals surface area contributed by atoms with E-state index in [0.29, 0.717) is 0 Å². The maximum Gasteiger partial charge on any atom is 0.325 e. The second kappa shape index (κ2) is 9.64. The molecule has 3 N–H and O–H groups in total. The SMILES string of the molecule is C[C@H](Nc1cc(C(Oc2nn(C)c3nnc(-c4c[nH]c(=O)[nH]c4=O)cc23)C(F)F)ccn1)C(F)(F)P. The number of nitrogens with one attached hydrogen (secondary N) is 3. The van der Waals surface area contributed by atoms with Gasteiger partial charge < -0.3 is 15.0 Å². The molecule has 36 heavy (non-hydrogen) atoms. The maximum atomic E-state index is 14.1. The molecule has 0 aliphatic heterocycles. The van der Waals surface area contributed by atoms with Crippen LogP contribution in [0.5, 0.6) is 5.88 Å². The average molecular weight is 526 g/mol. The zero-order valence-corrected chi connectivity index (χ0v) is 19.8. The summed E-state index contributed by atoms with van der Waals surface area (Å²) >= 11 is 0. The molecule has 0 amide bonds. The van der Waals surface area contributed by atoms with Crippen LogP contribution in [0.1, 0.15) is 18.6 Å². The molecule has 11 nitrogen and oxygen atoms in total. The van der Waals surface area contributed by atoms with E-state index < -0.39 is 35.5 Å². The van der Waals surface area contributed by atoms with Crippen molar-refractivity contribution in [2.45, 2.75) is 31.2 Å². The fourth-order valence-corrected chi connectivity index (χ4v) is 3.33. The fourth-order valence-electron chi connectivity index (χ4n) is 3.24. The fraction of sp³-hybridized carbons (Fsp3) is 0.300. The average Bonchev–Trinajstić information content (AvgIpc) is 3.11. The number of anilines is 1. The second-order valence-corrected chi connectivity index (χ2v) is 8.54. The molecule has 0 fully saturated rings. The maximum absolute atomic E-state index is 14.1. The lowest BCUT2D eigenvalue weighted by atomic mass is 10.1. The summed E-state index contributed by atoms with van der Waals surface area (Å²) in [5.74, 6) is -0.279. The Morgan fingerprint density at radius 3 is 2.64 bits per heavy atom. The van der Waals surface area contributed by atoms with Crippen LogP contribution in [-0.2, 0) is 7.05 Å². The van der Waals surface area contributed by atoms with Crippen molar-refractivity contribution in [3.8, 4) is 17.1 Å². The Hall–Kier alpha value is -3.87. The van der Waals surface area contributed by atoms with Gasteiger partial charge in [-0.25, -0.2) is 32.0 Å². The molecule has 4 aromatic heterocycles. The van der Waals surface area contributed by atoms with Crippen molar-refractivity contribution in [2.24, 2.45) is 7.05 Å². The van der Waals surface area contributed by atoms with E-state index in [1.165, 1.54) is 52.3 Å².